The van der Waals surface area contributed by atoms with Gasteiger partial charge in [-0.1, -0.05) is 6.07 Å². The first-order valence-electron chi connectivity index (χ1n) is 10.2. The summed E-state index contributed by atoms with van der Waals surface area (Å²) in [4.78, 5) is 23.6. The van der Waals surface area contributed by atoms with Gasteiger partial charge in [-0.2, -0.15) is 13.2 Å². The van der Waals surface area contributed by atoms with Crippen molar-refractivity contribution in [1.82, 2.24) is 15.0 Å². The number of benzene rings is 1. The maximum atomic E-state index is 12.9. The van der Waals surface area contributed by atoms with Crippen LogP contribution in [0.5, 0.6) is 0 Å². The summed E-state index contributed by atoms with van der Waals surface area (Å²) in [7, 11) is 0. The molecule has 1 fully saturated rings. The molecule has 0 atom stereocenters. The molecule has 34 heavy (non-hydrogen) atoms. The molecule has 3 aromatic rings. The number of alkyl halides is 3. The van der Waals surface area contributed by atoms with Crippen LogP contribution in [0.3, 0.4) is 0 Å². The van der Waals surface area contributed by atoms with E-state index in [4.69, 9.17) is 0 Å². The van der Waals surface area contributed by atoms with Crippen molar-refractivity contribution in [2.45, 2.75) is 44.4 Å². The van der Waals surface area contributed by atoms with Gasteiger partial charge in [0.1, 0.15) is 16.3 Å². The third kappa shape index (κ3) is 6.22. The van der Waals surface area contributed by atoms with E-state index in [1.807, 2.05) is 13.0 Å². The van der Waals surface area contributed by atoms with Crippen LogP contribution in [0.25, 0.3) is 10.4 Å². The predicted molar refractivity (Wildman–Crippen MR) is 113 cm³/mol. The van der Waals surface area contributed by atoms with Gasteiger partial charge in [-0.05, 0) is 67.9 Å². The van der Waals surface area contributed by atoms with Gasteiger partial charge in [-0.15, -0.1) is 11.3 Å². The van der Waals surface area contributed by atoms with Crippen LogP contribution in [0.2, 0.25) is 0 Å². The Balaban J connectivity index is 0.00000324. The van der Waals surface area contributed by atoms with Crippen LogP contribution < -0.4 is 61.8 Å². The molecule has 174 valence electrons. The van der Waals surface area contributed by atoms with Crippen LogP contribution in [0.4, 0.5) is 24.8 Å². The maximum absolute atomic E-state index is 12.9. The fourth-order valence-electron chi connectivity index (χ4n) is 3.87. The molecule has 2 N–H and O–H groups in total. The molecule has 4 rings (SSSR count). The Kier molecular flexibility index (Phi) is 8.54. The Hall–Kier alpha value is -1.41. The number of thiazole rings is 1. The second-order valence-corrected chi connectivity index (χ2v) is 9.16. The average molecular weight is 517 g/mol. The Labute approximate surface area is 240 Å². The molecule has 0 bridgehead atoms. The summed E-state index contributed by atoms with van der Waals surface area (Å²) >= 11 is 1.30. The van der Waals surface area contributed by atoms with Crippen LogP contribution >= 0.6 is 11.3 Å². The van der Waals surface area contributed by atoms with E-state index in [9.17, 15) is 28.2 Å². The number of rotatable bonds is 5. The topological polar surface area (TPSA) is 111 Å². The maximum Gasteiger partial charge on any atom is 1.00 e. The van der Waals surface area contributed by atoms with Gasteiger partial charge in [0.2, 0.25) is 5.95 Å². The number of aromatic nitrogens is 3. The number of nitrogens with one attached hydrogen (secondary N) is 1. The Morgan fingerprint density at radius 3 is 2.59 bits per heavy atom. The van der Waals surface area contributed by atoms with Gasteiger partial charge in [0.25, 0.3) is 0 Å². The van der Waals surface area contributed by atoms with E-state index in [2.05, 4.69) is 20.3 Å². The third-order valence-electron chi connectivity index (χ3n) is 5.61. The second-order valence-electron chi connectivity index (χ2n) is 8.13. The fourth-order valence-corrected chi connectivity index (χ4v) is 4.92. The van der Waals surface area contributed by atoms with Crippen LogP contribution in [0.1, 0.15) is 41.9 Å². The normalized spacial score (nSPS) is 20.4. The van der Waals surface area contributed by atoms with Crippen molar-refractivity contribution in [2.24, 2.45) is 5.92 Å². The molecule has 0 aliphatic heterocycles. The van der Waals surface area contributed by atoms with E-state index in [1.165, 1.54) is 11.3 Å². The molecule has 0 saturated heterocycles. The van der Waals surface area contributed by atoms with E-state index in [0.717, 1.165) is 28.3 Å². The first-order valence-corrected chi connectivity index (χ1v) is 11.0. The molecule has 7 nitrogen and oxygen atoms in total. The van der Waals surface area contributed by atoms with Crippen molar-refractivity contribution in [3.8, 4) is 10.4 Å². The number of aryl methyl sites for hydroxylation is 1. The molecular weight excluding hydrogens is 496 g/mol. The summed E-state index contributed by atoms with van der Waals surface area (Å²) in [6.07, 6.45) is -0.691. The summed E-state index contributed by atoms with van der Waals surface area (Å²) in [6, 6.07) is 6.19. The van der Waals surface area contributed by atoms with Crippen molar-refractivity contribution in [2.75, 3.05) is 5.32 Å². The molecule has 1 aliphatic carbocycles. The van der Waals surface area contributed by atoms with Crippen molar-refractivity contribution in [3.05, 3.63) is 52.9 Å². The number of halogens is 3. The molecule has 2 aromatic heterocycles. The van der Waals surface area contributed by atoms with E-state index >= 15 is 0 Å². The fraction of sp³-hybridized carbons (Fsp3) is 0.364. The molecule has 1 aliphatic rings. The monoisotopic (exact) mass is 516 g/mol. The number of hydrogen-bond donors (Lipinski definition) is 2. The molecule has 1 aromatic carbocycles. The summed E-state index contributed by atoms with van der Waals surface area (Å²) in [5, 5.41) is 25.4. The average Bonchev–Trinajstić information content (AvgIpc) is 3.25. The van der Waals surface area contributed by atoms with Crippen LogP contribution in [0, 0.1) is 12.8 Å². The number of aliphatic hydroxyl groups is 1. The predicted octanol–water partition coefficient (Wildman–Crippen LogP) is 0.803. The number of nitrogens with zero attached hydrogens (tertiary/aromatic N) is 3. The largest absolute Gasteiger partial charge is 1.00 e. The molecule has 0 amide bonds. The van der Waals surface area contributed by atoms with E-state index in [1.54, 1.807) is 18.3 Å². The zero-order valence-electron chi connectivity index (χ0n) is 18.5. The van der Waals surface area contributed by atoms with Gasteiger partial charge in [0, 0.05) is 24.1 Å². The van der Waals surface area contributed by atoms with Gasteiger partial charge < -0.3 is 20.3 Å². The Bertz CT molecular complexity index is 1180. The standard InChI is InChI=1S/C22H21F3N4O3S.K/c1-12-8-14(10-15(9-12)28-20-26-7-4-17(29-20)22(23,24)25)16-11-27-19(33-16)21(32)5-2-13(3-6-21)18(30)31;/h4,7-11,13,32H,2-3,5-6H2,1H3,(H,30,31)(H,26,28,29);/q;+1/p-1. The number of hydrogen-bond acceptors (Lipinski definition) is 8. The van der Waals surface area contributed by atoms with Crippen LogP contribution in [-0.2, 0) is 16.6 Å². The Morgan fingerprint density at radius 2 is 1.94 bits per heavy atom. The molecule has 0 radical (unpaired) electrons. The minimum Gasteiger partial charge on any atom is -0.550 e. The van der Waals surface area contributed by atoms with E-state index in [-0.39, 0.29) is 70.2 Å². The minimum atomic E-state index is -4.57. The SMILES string of the molecule is Cc1cc(Nc2nccc(C(F)(F)F)n2)cc(-c2cnc(C3(O)CCC(C(=O)[O-])CC3)s2)c1.[K+]. The van der Waals surface area contributed by atoms with Gasteiger partial charge in [-0.25, -0.2) is 15.0 Å². The van der Waals surface area contributed by atoms with Gasteiger partial charge in [0.05, 0.1) is 4.88 Å². The third-order valence-corrected chi connectivity index (χ3v) is 6.85. The molecule has 0 spiro atoms. The molecule has 0 unspecified atom stereocenters. The van der Waals surface area contributed by atoms with E-state index < -0.39 is 29.4 Å². The molecule has 12 heteroatoms. The van der Waals surface area contributed by atoms with Gasteiger partial charge in [0.15, 0.2) is 0 Å². The smallest absolute Gasteiger partial charge is 0.550 e. The summed E-state index contributed by atoms with van der Waals surface area (Å²) in [6.45, 7) is 1.85. The van der Waals surface area contributed by atoms with Crippen LogP contribution in [-0.4, -0.2) is 26.0 Å². The first-order chi connectivity index (χ1) is 15.5. The second kappa shape index (κ2) is 10.7. The van der Waals surface area contributed by atoms with Gasteiger partial charge in [-0.3, -0.25) is 0 Å². The van der Waals surface area contributed by atoms with Crippen LogP contribution in [0.15, 0.2) is 36.7 Å². The van der Waals surface area contributed by atoms with Gasteiger partial charge >= 0.3 is 57.6 Å². The number of carboxylic acid groups (broad SMARTS) is 1. The Morgan fingerprint density at radius 1 is 1.24 bits per heavy atom. The quantitative estimate of drug-likeness (QED) is 0.483. The van der Waals surface area contributed by atoms with Crippen molar-refractivity contribution in [3.63, 3.8) is 0 Å². The van der Waals surface area contributed by atoms with Crippen molar-refractivity contribution in [1.29, 1.82) is 0 Å². The number of aliphatic carboxylic acids is 1. The first kappa shape index (κ1) is 27.2. The van der Waals surface area contributed by atoms with E-state index in [0.29, 0.717) is 23.5 Å². The number of anilines is 2. The van der Waals surface area contributed by atoms with Crippen molar-refractivity contribution < 1.29 is 79.6 Å². The minimum absolute atomic E-state index is 0. The molecule has 1 saturated carbocycles. The molecular formula is C22H20F3KN4O3S. The zero-order chi connectivity index (χ0) is 23.8. The summed E-state index contributed by atoms with van der Waals surface area (Å²) in [5.41, 5.74) is -0.106. The number of carboxylic acids is 1. The number of carbonyl (C=O) groups excluding carboxylic acids is 1. The summed E-state index contributed by atoms with van der Waals surface area (Å²) < 4.78 is 38.8. The zero-order valence-corrected chi connectivity index (χ0v) is 22.5. The number of carbonyl (C=O) groups is 1. The molecule has 2 heterocycles. The van der Waals surface area contributed by atoms with Crippen molar-refractivity contribution >= 4 is 28.9 Å². The summed E-state index contributed by atoms with van der Waals surface area (Å²) in [5.74, 6) is -1.83.